The molecule has 0 aromatic rings. The van der Waals surface area contributed by atoms with Crippen LogP contribution in [0.4, 0.5) is 4.79 Å². The molecule has 2 amide bonds. The maximum absolute atomic E-state index is 11.9. The van der Waals surface area contributed by atoms with Crippen LogP contribution in [0.25, 0.3) is 0 Å². The number of amides is 2. The van der Waals surface area contributed by atoms with Gasteiger partial charge in [0.05, 0.1) is 17.8 Å². The van der Waals surface area contributed by atoms with E-state index in [1.807, 2.05) is 37.2 Å². The van der Waals surface area contributed by atoms with Crippen molar-refractivity contribution in [2.45, 2.75) is 32.2 Å². The number of nitrogens with zero attached hydrogens (tertiary/aromatic N) is 1. The van der Waals surface area contributed by atoms with E-state index in [4.69, 9.17) is 17.3 Å². The molecule has 1 unspecified atom stereocenters. The monoisotopic (exact) mass is 360 g/mol. The first kappa shape index (κ1) is 17.4. The third-order valence-electron chi connectivity index (χ3n) is 4.80. The van der Waals surface area contributed by atoms with Crippen LogP contribution in [-0.4, -0.2) is 28.9 Å². The van der Waals surface area contributed by atoms with Crippen molar-refractivity contribution >= 4 is 23.4 Å². The van der Waals surface area contributed by atoms with Crippen LogP contribution in [0.3, 0.4) is 0 Å². The number of nitrogens with two attached hydrogens (primary N) is 1. The summed E-state index contributed by atoms with van der Waals surface area (Å²) >= 11 is 6.20. The largest absolute Gasteiger partial charge is 0.352 e. The van der Waals surface area contributed by atoms with Gasteiger partial charge in [0.2, 0.25) is 0 Å². The van der Waals surface area contributed by atoms with Crippen molar-refractivity contribution in [1.82, 2.24) is 15.8 Å². The van der Waals surface area contributed by atoms with E-state index in [-0.39, 0.29) is 5.78 Å². The minimum absolute atomic E-state index is 0.0851. The molecule has 0 bridgehead atoms. The first-order valence-electron chi connectivity index (χ1n) is 8.07. The second-order valence-corrected chi connectivity index (χ2v) is 7.06. The molecule has 3 aliphatic rings. The molecule has 0 saturated carbocycles. The highest BCUT2D eigenvalue weighted by atomic mass is 35.5. The predicted octanol–water partition coefficient (Wildman–Crippen LogP) is 2.37. The second kappa shape index (κ2) is 6.44. The molecule has 0 aromatic carbocycles. The van der Waals surface area contributed by atoms with Crippen molar-refractivity contribution in [3.05, 3.63) is 58.0 Å². The van der Waals surface area contributed by atoms with Gasteiger partial charge < -0.3 is 16.5 Å². The van der Waals surface area contributed by atoms with Gasteiger partial charge >= 0.3 is 6.03 Å². The van der Waals surface area contributed by atoms with Gasteiger partial charge in [0.1, 0.15) is 0 Å². The summed E-state index contributed by atoms with van der Waals surface area (Å²) in [6.07, 6.45) is 9.86. The fourth-order valence-electron chi connectivity index (χ4n) is 3.35. The lowest BCUT2D eigenvalue weighted by atomic mass is 9.83. The molecule has 0 saturated heterocycles. The molecule has 4 N–H and O–H groups in total. The summed E-state index contributed by atoms with van der Waals surface area (Å²) in [5.41, 5.74) is 11.7. The number of primary amides is 1. The summed E-state index contributed by atoms with van der Waals surface area (Å²) in [5.74, 6) is 0.0851. The number of urea groups is 1. The molecule has 3 rings (SSSR count). The highest BCUT2D eigenvalue weighted by Gasteiger charge is 2.38. The Balaban J connectivity index is 1.86. The standard InChI is InChI=1S/C18H21ClN4O2/c1-11-6-15(24)7-16(12(11)2)23-10-13(9-21-23)18(22-17(20)25)5-3-4-14(19)8-18/h3-5,7,9,21H,6,8,10H2,1-2H3,(H3,20,22,25). The summed E-state index contributed by atoms with van der Waals surface area (Å²) in [6, 6.07) is -0.616. The van der Waals surface area contributed by atoms with Crippen LogP contribution in [-0.2, 0) is 4.79 Å². The Morgan fingerprint density at radius 1 is 1.44 bits per heavy atom. The number of ketones is 1. The van der Waals surface area contributed by atoms with E-state index in [0.29, 0.717) is 24.4 Å². The Labute approximate surface area is 151 Å². The van der Waals surface area contributed by atoms with Crippen LogP contribution >= 0.6 is 11.6 Å². The summed E-state index contributed by atoms with van der Waals surface area (Å²) in [7, 11) is 0. The minimum atomic E-state index is -0.773. The lowest BCUT2D eigenvalue weighted by molar-refractivity contribution is -0.114. The summed E-state index contributed by atoms with van der Waals surface area (Å²) < 4.78 is 0. The zero-order chi connectivity index (χ0) is 18.2. The molecule has 7 heteroatoms. The Morgan fingerprint density at radius 3 is 2.88 bits per heavy atom. The van der Waals surface area contributed by atoms with E-state index in [1.165, 1.54) is 0 Å². The van der Waals surface area contributed by atoms with Crippen molar-refractivity contribution in [2.75, 3.05) is 6.54 Å². The number of hydrazine groups is 1. The smallest absolute Gasteiger partial charge is 0.313 e. The number of nitrogens with one attached hydrogen (secondary N) is 2. The van der Waals surface area contributed by atoms with E-state index in [2.05, 4.69) is 10.7 Å². The molecule has 0 fully saturated rings. The minimum Gasteiger partial charge on any atom is -0.352 e. The van der Waals surface area contributed by atoms with Gasteiger partial charge in [-0.3, -0.25) is 9.80 Å². The van der Waals surface area contributed by atoms with Crippen LogP contribution in [0, 0.1) is 0 Å². The van der Waals surface area contributed by atoms with Crippen LogP contribution < -0.4 is 16.5 Å². The summed E-state index contributed by atoms with van der Waals surface area (Å²) in [6.45, 7) is 4.47. The van der Waals surface area contributed by atoms with Gasteiger partial charge in [0.15, 0.2) is 5.78 Å². The fraction of sp³-hybridized carbons (Fsp3) is 0.333. The number of halogens is 1. The molecule has 0 aromatic heterocycles. The fourth-order valence-corrected chi connectivity index (χ4v) is 3.64. The summed E-state index contributed by atoms with van der Waals surface area (Å²) in [5, 5.41) is 5.35. The van der Waals surface area contributed by atoms with Gasteiger partial charge in [-0.2, -0.15) is 0 Å². The number of allylic oxidation sites excluding steroid dienone is 5. The molecule has 0 radical (unpaired) electrons. The van der Waals surface area contributed by atoms with E-state index in [9.17, 15) is 9.59 Å². The SMILES string of the molecule is CC1=C(C)C(N2CC(C3(NC(N)=O)C=CC=C(Cl)C3)=CN2)=CC(=O)C1. The maximum atomic E-state index is 11.9. The van der Waals surface area contributed by atoms with Gasteiger partial charge in [-0.25, -0.2) is 4.79 Å². The number of carbonyl (C=O) groups is 2. The van der Waals surface area contributed by atoms with Gasteiger partial charge in [-0.15, -0.1) is 0 Å². The first-order valence-corrected chi connectivity index (χ1v) is 8.44. The van der Waals surface area contributed by atoms with Gasteiger partial charge in [0.25, 0.3) is 0 Å². The van der Waals surface area contributed by atoms with E-state index >= 15 is 0 Å². The highest BCUT2D eigenvalue weighted by Crippen LogP contribution is 2.35. The molecule has 1 heterocycles. The van der Waals surface area contributed by atoms with Crippen LogP contribution in [0.5, 0.6) is 0 Å². The first-order chi connectivity index (χ1) is 11.8. The van der Waals surface area contributed by atoms with Gasteiger partial charge in [-0.05, 0) is 31.1 Å². The third-order valence-corrected chi connectivity index (χ3v) is 5.06. The lowest BCUT2D eigenvalue weighted by Gasteiger charge is -2.35. The molecule has 1 aliphatic heterocycles. The van der Waals surface area contributed by atoms with Crippen molar-refractivity contribution in [2.24, 2.45) is 5.73 Å². The maximum Gasteiger partial charge on any atom is 0.313 e. The van der Waals surface area contributed by atoms with Crippen molar-refractivity contribution < 1.29 is 9.59 Å². The number of rotatable bonds is 3. The molecule has 6 nitrogen and oxygen atoms in total. The Hall–Kier alpha value is -2.47. The van der Waals surface area contributed by atoms with Crippen molar-refractivity contribution in [1.29, 1.82) is 0 Å². The van der Waals surface area contributed by atoms with Gasteiger partial charge in [0, 0.05) is 30.1 Å². The third kappa shape index (κ3) is 3.35. The number of hydrogen-bond acceptors (Lipinski definition) is 4. The van der Waals surface area contributed by atoms with E-state index in [0.717, 1.165) is 22.4 Å². The Morgan fingerprint density at radius 2 is 2.20 bits per heavy atom. The summed E-state index contributed by atoms with van der Waals surface area (Å²) in [4.78, 5) is 23.5. The zero-order valence-corrected chi connectivity index (χ0v) is 15.0. The number of carbonyl (C=O) groups excluding carboxylic acids is 2. The van der Waals surface area contributed by atoms with Crippen molar-refractivity contribution in [3.8, 4) is 0 Å². The molecule has 0 spiro atoms. The van der Waals surface area contributed by atoms with E-state index < -0.39 is 11.6 Å². The molecular formula is C18H21ClN4O2. The van der Waals surface area contributed by atoms with Crippen LogP contribution in [0.1, 0.15) is 26.7 Å². The molecule has 132 valence electrons. The topological polar surface area (TPSA) is 87.5 Å². The van der Waals surface area contributed by atoms with Crippen molar-refractivity contribution in [3.63, 3.8) is 0 Å². The van der Waals surface area contributed by atoms with Gasteiger partial charge in [-0.1, -0.05) is 29.3 Å². The Kier molecular flexibility index (Phi) is 4.47. The lowest BCUT2D eigenvalue weighted by Crippen LogP contribution is -2.52. The average molecular weight is 361 g/mol. The second-order valence-electron chi connectivity index (χ2n) is 6.57. The van der Waals surface area contributed by atoms with E-state index in [1.54, 1.807) is 12.2 Å². The molecule has 2 aliphatic carbocycles. The predicted molar refractivity (Wildman–Crippen MR) is 97.1 cm³/mol. The normalized spacial score (nSPS) is 26.1. The van der Waals surface area contributed by atoms with Crippen LogP contribution in [0.2, 0.25) is 0 Å². The molecule has 1 atom stereocenters. The zero-order valence-electron chi connectivity index (χ0n) is 14.2. The number of hydrogen-bond donors (Lipinski definition) is 3. The van der Waals surface area contributed by atoms with Crippen LogP contribution in [0.15, 0.2) is 58.0 Å². The molecule has 25 heavy (non-hydrogen) atoms. The Bertz CT molecular complexity index is 787. The quantitative estimate of drug-likeness (QED) is 0.721. The average Bonchev–Trinajstić information content (AvgIpc) is 3.00. The molecular weight excluding hydrogens is 340 g/mol. The highest BCUT2D eigenvalue weighted by molar-refractivity contribution is 6.30.